The van der Waals surface area contributed by atoms with Crippen molar-refractivity contribution < 1.29 is 22.3 Å². The summed E-state index contributed by atoms with van der Waals surface area (Å²) >= 11 is 0. The molecular weight excluding hydrogens is 328 g/mol. The molecule has 4 rings (SSSR count). The van der Waals surface area contributed by atoms with Crippen LogP contribution in [0.25, 0.3) is 10.8 Å². The van der Waals surface area contributed by atoms with Crippen LogP contribution in [0, 0.1) is 5.41 Å². The molecule has 0 aromatic heterocycles. The molecule has 2 aromatic carbocycles. The molecule has 0 aliphatic heterocycles. The van der Waals surface area contributed by atoms with E-state index in [0.717, 1.165) is 36.5 Å². The highest BCUT2D eigenvalue weighted by Crippen LogP contribution is 2.56. The minimum absolute atomic E-state index is 0.0469. The first-order valence-corrected chi connectivity index (χ1v) is 9.55. The Morgan fingerprint density at radius 1 is 1.21 bits per heavy atom. The maximum Gasteiger partial charge on any atom is 0.446 e. The fourth-order valence-electron chi connectivity index (χ4n) is 4.63. The Balaban J connectivity index is 1.81. The molecule has 2 unspecified atom stereocenters. The van der Waals surface area contributed by atoms with Crippen molar-refractivity contribution in [1.82, 2.24) is 0 Å². The zero-order valence-electron chi connectivity index (χ0n) is 13.4. The molecule has 5 nitrogen and oxygen atoms in total. The van der Waals surface area contributed by atoms with Crippen LogP contribution in [0.2, 0.25) is 0 Å². The third-order valence-electron chi connectivity index (χ3n) is 5.92. The quantitative estimate of drug-likeness (QED) is 0.814. The smallest absolute Gasteiger partial charge is 0.393 e. The predicted molar refractivity (Wildman–Crippen MR) is 90.5 cm³/mol. The molecule has 1 fully saturated rings. The van der Waals surface area contributed by atoms with Crippen molar-refractivity contribution in [2.75, 3.05) is 0 Å². The van der Waals surface area contributed by atoms with Crippen molar-refractivity contribution in [3.63, 3.8) is 0 Å². The molecule has 0 amide bonds. The van der Waals surface area contributed by atoms with Gasteiger partial charge in [-0.2, -0.15) is 8.42 Å². The van der Waals surface area contributed by atoms with Gasteiger partial charge in [0.1, 0.15) is 5.75 Å². The number of hydrogen-bond donors (Lipinski definition) is 2. The Labute approximate surface area is 141 Å². The molecule has 3 atom stereocenters. The van der Waals surface area contributed by atoms with Gasteiger partial charge in [-0.05, 0) is 65.6 Å². The lowest BCUT2D eigenvalue weighted by Gasteiger charge is -2.40. The maximum atomic E-state index is 10.9. The van der Waals surface area contributed by atoms with Gasteiger partial charge in [0, 0.05) is 5.41 Å². The summed E-state index contributed by atoms with van der Waals surface area (Å²) in [5, 5.41) is 12.3. The normalized spacial score (nSPS) is 29.3. The van der Waals surface area contributed by atoms with Gasteiger partial charge >= 0.3 is 10.4 Å². The van der Waals surface area contributed by atoms with E-state index in [-0.39, 0.29) is 17.3 Å². The summed E-state index contributed by atoms with van der Waals surface area (Å²) in [6.45, 7) is 2.19. The van der Waals surface area contributed by atoms with Crippen LogP contribution in [0.1, 0.15) is 43.2 Å². The molecule has 128 valence electrons. The first kappa shape index (κ1) is 15.9. The molecule has 24 heavy (non-hydrogen) atoms. The number of aliphatic hydroxyl groups is 1. The van der Waals surface area contributed by atoms with Gasteiger partial charge in [0.2, 0.25) is 0 Å². The van der Waals surface area contributed by atoms with E-state index >= 15 is 0 Å². The summed E-state index contributed by atoms with van der Waals surface area (Å²) in [4.78, 5) is 0. The Morgan fingerprint density at radius 2 is 2.00 bits per heavy atom. The molecule has 0 radical (unpaired) electrons. The molecular formula is C18H20O5S. The summed E-state index contributed by atoms with van der Waals surface area (Å²) in [5.41, 5.74) is 2.54. The summed E-state index contributed by atoms with van der Waals surface area (Å²) in [6.07, 6.45) is 3.46. The van der Waals surface area contributed by atoms with Crippen molar-refractivity contribution >= 4 is 21.2 Å². The lowest BCUT2D eigenvalue weighted by molar-refractivity contribution is 0.0459. The van der Waals surface area contributed by atoms with Gasteiger partial charge in [-0.1, -0.05) is 25.1 Å². The molecule has 0 saturated heterocycles. The van der Waals surface area contributed by atoms with Crippen molar-refractivity contribution in [1.29, 1.82) is 0 Å². The summed E-state index contributed by atoms with van der Waals surface area (Å²) in [6, 6.07) is 9.09. The Kier molecular flexibility index (Phi) is 3.43. The second-order valence-electron chi connectivity index (χ2n) is 7.18. The van der Waals surface area contributed by atoms with E-state index in [2.05, 4.69) is 17.2 Å². The molecule has 2 N–H and O–H groups in total. The van der Waals surface area contributed by atoms with Crippen molar-refractivity contribution in [2.45, 2.75) is 44.6 Å². The zero-order valence-corrected chi connectivity index (χ0v) is 14.2. The van der Waals surface area contributed by atoms with Gasteiger partial charge in [0.05, 0.1) is 6.10 Å². The lowest BCUT2D eigenvalue weighted by Crippen LogP contribution is -2.35. The van der Waals surface area contributed by atoms with Gasteiger partial charge in [-0.15, -0.1) is 0 Å². The van der Waals surface area contributed by atoms with E-state index in [1.165, 1.54) is 11.1 Å². The highest BCUT2D eigenvalue weighted by Gasteiger charge is 2.49. The van der Waals surface area contributed by atoms with Gasteiger partial charge in [0.25, 0.3) is 0 Å². The average Bonchev–Trinajstić information content (AvgIpc) is 2.81. The van der Waals surface area contributed by atoms with Crippen LogP contribution >= 0.6 is 0 Å². The minimum atomic E-state index is -4.52. The highest BCUT2D eigenvalue weighted by molar-refractivity contribution is 7.81. The minimum Gasteiger partial charge on any atom is -0.393 e. The van der Waals surface area contributed by atoms with Crippen LogP contribution in [0.15, 0.2) is 30.3 Å². The third-order valence-corrected chi connectivity index (χ3v) is 6.32. The molecule has 6 heteroatoms. The Morgan fingerprint density at radius 3 is 2.75 bits per heavy atom. The summed E-state index contributed by atoms with van der Waals surface area (Å²) < 4.78 is 35.1. The van der Waals surface area contributed by atoms with Gasteiger partial charge < -0.3 is 9.29 Å². The van der Waals surface area contributed by atoms with E-state index < -0.39 is 10.4 Å². The SMILES string of the molecule is C[C@]12CCc3c(ccc4cc(OS(=O)(=O)O)ccc34)C1CCC2O. The first-order chi connectivity index (χ1) is 11.3. The molecule has 0 bridgehead atoms. The first-order valence-electron chi connectivity index (χ1n) is 8.18. The number of benzene rings is 2. The molecule has 2 aliphatic rings. The standard InChI is InChI=1S/C18H20O5S/c1-18-9-8-14-13-5-3-12(23-24(20,21)22)10-11(13)2-4-15(14)16(18)6-7-17(18)19/h2-5,10,16-17,19H,6-9H2,1H3,(H,20,21,22)/t16?,17?,18-/m0/s1. The zero-order chi connectivity index (χ0) is 17.1. The summed E-state index contributed by atoms with van der Waals surface area (Å²) in [7, 11) is -4.52. The van der Waals surface area contributed by atoms with Crippen molar-refractivity contribution in [2.24, 2.45) is 5.41 Å². The number of aliphatic hydroxyl groups excluding tert-OH is 1. The van der Waals surface area contributed by atoms with Gasteiger partial charge in [0.15, 0.2) is 0 Å². The second-order valence-corrected chi connectivity index (χ2v) is 8.20. The van der Waals surface area contributed by atoms with Gasteiger partial charge in [-0.3, -0.25) is 4.55 Å². The molecule has 2 aliphatic carbocycles. The van der Waals surface area contributed by atoms with Crippen LogP contribution in [0.5, 0.6) is 5.75 Å². The van der Waals surface area contributed by atoms with Crippen LogP contribution in [0.4, 0.5) is 0 Å². The topological polar surface area (TPSA) is 83.8 Å². The van der Waals surface area contributed by atoms with Crippen LogP contribution in [0.3, 0.4) is 0 Å². The fraction of sp³-hybridized carbons (Fsp3) is 0.444. The molecule has 0 spiro atoms. The number of rotatable bonds is 2. The average molecular weight is 348 g/mol. The number of hydrogen-bond acceptors (Lipinski definition) is 4. The molecule has 1 saturated carbocycles. The summed E-state index contributed by atoms with van der Waals surface area (Å²) in [5.74, 6) is 0.469. The second kappa shape index (κ2) is 5.18. The maximum absolute atomic E-state index is 10.9. The van der Waals surface area contributed by atoms with E-state index in [1.807, 2.05) is 12.1 Å². The van der Waals surface area contributed by atoms with Crippen LogP contribution in [-0.4, -0.2) is 24.2 Å². The number of aryl methyl sites for hydroxylation is 1. The molecule has 0 heterocycles. The highest BCUT2D eigenvalue weighted by atomic mass is 32.3. The Hall–Kier alpha value is -1.63. The third kappa shape index (κ3) is 2.41. The van der Waals surface area contributed by atoms with Crippen LogP contribution in [-0.2, 0) is 16.8 Å². The Bertz CT molecular complexity index is 920. The lowest BCUT2D eigenvalue weighted by atomic mass is 9.65. The van der Waals surface area contributed by atoms with E-state index in [4.69, 9.17) is 4.55 Å². The fourth-order valence-corrected chi connectivity index (χ4v) is 4.98. The van der Waals surface area contributed by atoms with E-state index in [1.54, 1.807) is 12.1 Å². The van der Waals surface area contributed by atoms with E-state index in [9.17, 15) is 13.5 Å². The van der Waals surface area contributed by atoms with Crippen molar-refractivity contribution in [3.05, 3.63) is 41.5 Å². The van der Waals surface area contributed by atoms with Crippen molar-refractivity contribution in [3.8, 4) is 5.75 Å². The largest absolute Gasteiger partial charge is 0.446 e. The van der Waals surface area contributed by atoms with Crippen LogP contribution < -0.4 is 4.18 Å². The monoisotopic (exact) mass is 348 g/mol. The number of fused-ring (bicyclic) bond motifs is 5. The predicted octanol–water partition coefficient (Wildman–Crippen LogP) is 3.21. The molecule has 2 aromatic rings. The van der Waals surface area contributed by atoms with Gasteiger partial charge in [-0.25, -0.2) is 0 Å². The van der Waals surface area contributed by atoms with E-state index in [0.29, 0.717) is 5.92 Å².